The van der Waals surface area contributed by atoms with Crippen molar-refractivity contribution in [2.75, 3.05) is 13.1 Å². The summed E-state index contributed by atoms with van der Waals surface area (Å²) in [5, 5.41) is 3.99. The third-order valence-corrected chi connectivity index (χ3v) is 4.49. The molecular weight excluding hydrogens is 302 g/mol. The van der Waals surface area contributed by atoms with Gasteiger partial charge in [0.25, 0.3) is 5.91 Å². The van der Waals surface area contributed by atoms with Crippen LogP contribution in [0.1, 0.15) is 74.1 Å². The Morgan fingerprint density at radius 2 is 1.83 bits per heavy atom. The zero-order valence-electron chi connectivity index (χ0n) is 15.0. The van der Waals surface area contributed by atoms with Crippen LogP contribution in [0.4, 0.5) is 0 Å². The van der Waals surface area contributed by atoms with Crippen LogP contribution in [0.2, 0.25) is 0 Å². The van der Waals surface area contributed by atoms with Gasteiger partial charge < -0.3 is 9.42 Å². The number of hydrogen-bond acceptors (Lipinski definition) is 4. The molecule has 0 saturated carbocycles. The minimum absolute atomic E-state index is 0.0651. The molecular formula is C19H25N3O2. The standard InChI is InChI=1S/C19H25N3O2/c1-12(2)16-20-17(24-21-16)14-10-22(11-14)18(23)13-6-8-15(9-7-13)19(3,4)5/h6-9,12,14H,10-11H2,1-5H3. The number of amides is 1. The number of hydrogen-bond donors (Lipinski definition) is 0. The van der Waals surface area contributed by atoms with Gasteiger partial charge in [-0.3, -0.25) is 4.79 Å². The molecule has 2 heterocycles. The van der Waals surface area contributed by atoms with E-state index in [9.17, 15) is 4.79 Å². The van der Waals surface area contributed by atoms with Crippen LogP contribution in [0.3, 0.4) is 0 Å². The van der Waals surface area contributed by atoms with E-state index in [0.717, 1.165) is 11.4 Å². The largest absolute Gasteiger partial charge is 0.339 e. The molecule has 2 aromatic rings. The van der Waals surface area contributed by atoms with Crippen molar-refractivity contribution in [1.29, 1.82) is 0 Å². The third-order valence-electron chi connectivity index (χ3n) is 4.49. The fourth-order valence-electron chi connectivity index (χ4n) is 2.74. The van der Waals surface area contributed by atoms with Crippen LogP contribution < -0.4 is 0 Å². The number of benzene rings is 1. The first kappa shape index (κ1) is 16.7. The molecule has 1 aliphatic rings. The van der Waals surface area contributed by atoms with Gasteiger partial charge in [0.15, 0.2) is 5.82 Å². The van der Waals surface area contributed by atoms with Crippen LogP contribution in [0.25, 0.3) is 0 Å². The zero-order valence-corrected chi connectivity index (χ0v) is 15.0. The number of rotatable bonds is 3. The second kappa shape index (κ2) is 6.04. The fraction of sp³-hybridized carbons (Fsp3) is 0.526. The lowest BCUT2D eigenvalue weighted by molar-refractivity contribution is 0.0569. The first-order valence-corrected chi connectivity index (χ1v) is 8.49. The van der Waals surface area contributed by atoms with Crippen molar-refractivity contribution >= 4 is 5.91 Å². The molecule has 1 amide bonds. The molecule has 1 aliphatic heterocycles. The summed E-state index contributed by atoms with van der Waals surface area (Å²) in [7, 11) is 0. The van der Waals surface area contributed by atoms with Crippen molar-refractivity contribution in [3.63, 3.8) is 0 Å². The van der Waals surface area contributed by atoms with Gasteiger partial charge in [-0.25, -0.2) is 0 Å². The van der Waals surface area contributed by atoms with Crippen LogP contribution in [0, 0.1) is 0 Å². The number of aromatic nitrogens is 2. The molecule has 0 atom stereocenters. The van der Waals surface area contributed by atoms with E-state index >= 15 is 0 Å². The summed E-state index contributed by atoms with van der Waals surface area (Å²) in [4.78, 5) is 18.8. The molecule has 128 valence electrons. The molecule has 3 rings (SSSR count). The summed E-state index contributed by atoms with van der Waals surface area (Å²) in [6.07, 6.45) is 0. The Morgan fingerprint density at radius 1 is 1.21 bits per heavy atom. The summed E-state index contributed by atoms with van der Waals surface area (Å²) >= 11 is 0. The molecule has 1 saturated heterocycles. The molecule has 1 fully saturated rings. The predicted molar refractivity (Wildman–Crippen MR) is 92.2 cm³/mol. The van der Waals surface area contributed by atoms with Crippen molar-refractivity contribution in [3.8, 4) is 0 Å². The van der Waals surface area contributed by atoms with Crippen LogP contribution in [-0.4, -0.2) is 34.0 Å². The highest BCUT2D eigenvalue weighted by molar-refractivity contribution is 5.94. The van der Waals surface area contributed by atoms with E-state index < -0.39 is 0 Å². The quantitative estimate of drug-likeness (QED) is 0.862. The summed E-state index contributed by atoms with van der Waals surface area (Å²) in [5.74, 6) is 1.85. The predicted octanol–water partition coefficient (Wildman–Crippen LogP) is 3.73. The van der Waals surface area contributed by atoms with Crippen LogP contribution in [-0.2, 0) is 5.41 Å². The molecule has 1 aromatic heterocycles. The van der Waals surface area contributed by atoms with Gasteiger partial charge >= 0.3 is 0 Å². The molecule has 5 nitrogen and oxygen atoms in total. The Labute approximate surface area is 143 Å². The molecule has 0 aliphatic carbocycles. The number of carbonyl (C=O) groups excluding carboxylic acids is 1. The number of nitrogens with zero attached hydrogens (tertiary/aromatic N) is 3. The zero-order chi connectivity index (χ0) is 17.5. The maximum Gasteiger partial charge on any atom is 0.253 e. The van der Waals surface area contributed by atoms with Crippen LogP contribution in [0.15, 0.2) is 28.8 Å². The van der Waals surface area contributed by atoms with Crippen molar-refractivity contribution in [3.05, 3.63) is 47.1 Å². The average Bonchev–Trinajstić information content (AvgIpc) is 2.94. The van der Waals surface area contributed by atoms with Gasteiger partial charge in [0, 0.05) is 24.6 Å². The first-order chi connectivity index (χ1) is 11.3. The van der Waals surface area contributed by atoms with Crippen molar-refractivity contribution in [2.24, 2.45) is 0 Å². The molecule has 5 heteroatoms. The Hall–Kier alpha value is -2.17. The van der Waals surface area contributed by atoms with E-state index in [1.165, 1.54) is 5.56 Å². The maximum atomic E-state index is 12.5. The van der Waals surface area contributed by atoms with Gasteiger partial charge in [-0.05, 0) is 23.1 Å². The van der Waals surface area contributed by atoms with Gasteiger partial charge in [-0.1, -0.05) is 51.9 Å². The fourth-order valence-corrected chi connectivity index (χ4v) is 2.74. The highest BCUT2D eigenvalue weighted by atomic mass is 16.5. The second-order valence-corrected chi connectivity index (χ2v) is 7.88. The minimum atomic E-state index is 0.0651. The summed E-state index contributed by atoms with van der Waals surface area (Å²) in [6, 6.07) is 7.91. The average molecular weight is 327 g/mol. The lowest BCUT2D eigenvalue weighted by Gasteiger charge is -2.37. The minimum Gasteiger partial charge on any atom is -0.339 e. The molecule has 0 spiro atoms. The normalized spacial score (nSPS) is 15.7. The van der Waals surface area contributed by atoms with Crippen LogP contribution >= 0.6 is 0 Å². The van der Waals surface area contributed by atoms with Gasteiger partial charge in [-0.2, -0.15) is 4.98 Å². The van der Waals surface area contributed by atoms with Crippen molar-refractivity contribution < 1.29 is 9.32 Å². The molecule has 1 aromatic carbocycles. The van der Waals surface area contributed by atoms with Gasteiger partial charge in [0.05, 0.1) is 5.92 Å². The lowest BCUT2D eigenvalue weighted by atomic mass is 9.86. The monoisotopic (exact) mass is 327 g/mol. The van der Waals surface area contributed by atoms with E-state index in [1.54, 1.807) is 0 Å². The topological polar surface area (TPSA) is 59.2 Å². The van der Waals surface area contributed by atoms with Gasteiger partial charge in [-0.15, -0.1) is 0 Å². The lowest BCUT2D eigenvalue weighted by Crippen LogP contribution is -2.48. The molecule has 0 radical (unpaired) electrons. The summed E-state index contributed by atoms with van der Waals surface area (Å²) in [5.41, 5.74) is 2.05. The number of likely N-dealkylation sites (tertiary alicyclic amines) is 1. The number of carbonyl (C=O) groups is 1. The van der Waals surface area contributed by atoms with E-state index in [0.29, 0.717) is 19.0 Å². The highest BCUT2D eigenvalue weighted by Crippen LogP contribution is 2.29. The Bertz CT molecular complexity index is 720. The Kier molecular flexibility index (Phi) is 4.20. The third kappa shape index (κ3) is 3.21. The maximum absolute atomic E-state index is 12.5. The highest BCUT2D eigenvalue weighted by Gasteiger charge is 2.36. The van der Waals surface area contributed by atoms with Crippen molar-refractivity contribution in [1.82, 2.24) is 15.0 Å². The van der Waals surface area contributed by atoms with Crippen molar-refractivity contribution in [2.45, 2.75) is 51.9 Å². The first-order valence-electron chi connectivity index (χ1n) is 8.49. The molecule has 24 heavy (non-hydrogen) atoms. The molecule has 0 unspecified atom stereocenters. The second-order valence-electron chi connectivity index (χ2n) is 7.88. The SMILES string of the molecule is CC(C)c1noc(C2CN(C(=O)c3ccc(C(C)(C)C)cc3)C2)n1. The van der Waals surface area contributed by atoms with Gasteiger partial charge in [0.2, 0.25) is 5.89 Å². The summed E-state index contributed by atoms with van der Waals surface area (Å²) in [6.45, 7) is 11.8. The van der Waals surface area contributed by atoms with E-state index in [4.69, 9.17) is 4.52 Å². The van der Waals surface area contributed by atoms with E-state index in [2.05, 4.69) is 30.9 Å². The van der Waals surface area contributed by atoms with E-state index in [-0.39, 0.29) is 23.2 Å². The molecule has 0 N–H and O–H groups in total. The molecule has 0 bridgehead atoms. The van der Waals surface area contributed by atoms with Crippen LogP contribution in [0.5, 0.6) is 0 Å². The Morgan fingerprint density at radius 3 is 2.33 bits per heavy atom. The smallest absolute Gasteiger partial charge is 0.253 e. The van der Waals surface area contributed by atoms with Gasteiger partial charge in [0.1, 0.15) is 0 Å². The summed E-state index contributed by atoms with van der Waals surface area (Å²) < 4.78 is 5.32. The van der Waals surface area contributed by atoms with E-state index in [1.807, 2.05) is 43.0 Å². The Balaban J connectivity index is 1.62.